The van der Waals surface area contributed by atoms with Crippen molar-refractivity contribution in [2.75, 3.05) is 0 Å². The molecule has 0 radical (unpaired) electrons. The van der Waals surface area contributed by atoms with Crippen molar-refractivity contribution in [3.05, 3.63) is 0 Å². The van der Waals surface area contributed by atoms with Gasteiger partial charge in [-0.2, -0.15) is 0 Å². The van der Waals surface area contributed by atoms with Gasteiger partial charge < -0.3 is 11.0 Å². The Kier molecular flexibility index (Phi) is 765. The molecule has 0 aliphatic carbocycles. The molecule has 0 aliphatic heterocycles. The molecular weight excluding hydrogens is 144 g/mol. The molecule has 4 heavy (non-hydrogen) atoms. The van der Waals surface area contributed by atoms with Gasteiger partial charge in [-0.05, 0) is 0 Å². The molecule has 4 N–H and O–H groups in total. The van der Waals surface area contributed by atoms with Crippen molar-refractivity contribution in [2.45, 2.75) is 0 Å². The van der Waals surface area contributed by atoms with E-state index in [0.717, 1.165) is 0 Å². The number of hydrogen-bond donors (Lipinski definition) is 0. The standard InChI is InChI=1S/Mo.2H2O.O/h;2*1H2;. The molecule has 0 bridgehead atoms. The molecule has 0 heterocycles. The molecule has 0 rings (SSSR count). The summed E-state index contributed by atoms with van der Waals surface area (Å²) in [4.78, 5) is 0. The van der Waals surface area contributed by atoms with Crippen LogP contribution in [0.2, 0.25) is 0 Å². The van der Waals surface area contributed by atoms with Crippen LogP contribution in [-0.4, -0.2) is 11.0 Å². The summed E-state index contributed by atoms with van der Waals surface area (Å²) < 4.78 is 8.26. The summed E-state index contributed by atoms with van der Waals surface area (Å²) in [5.74, 6) is 0. The van der Waals surface area contributed by atoms with Crippen molar-refractivity contribution < 1.29 is 34.1 Å². The molecule has 0 aromatic rings. The van der Waals surface area contributed by atoms with Gasteiger partial charge >= 0.3 is 23.2 Å². The third-order valence-electron chi connectivity index (χ3n) is 0. The Morgan fingerprint density at radius 2 is 1.00 bits per heavy atom. The van der Waals surface area contributed by atoms with E-state index in [-0.39, 0.29) is 11.0 Å². The first-order valence-electron chi connectivity index (χ1n) is 0.167. The molecule has 4 heteroatoms. The minimum absolute atomic E-state index is 0. The molecule has 28 valence electrons. The Labute approximate surface area is 34.8 Å². The van der Waals surface area contributed by atoms with Crippen LogP contribution in [0, 0.1) is 0 Å². The van der Waals surface area contributed by atoms with E-state index in [1.165, 1.54) is 0 Å². The third kappa shape index (κ3) is 28.7. The average molecular weight is 148 g/mol. The van der Waals surface area contributed by atoms with Gasteiger partial charge in [-0.25, -0.2) is 0 Å². The number of hydrogen-bond acceptors (Lipinski definition) is 1. The Morgan fingerprint density at radius 3 is 1.00 bits per heavy atom. The van der Waals surface area contributed by atoms with Crippen LogP contribution >= 0.6 is 0 Å². The van der Waals surface area contributed by atoms with Gasteiger partial charge in [-0.1, -0.05) is 0 Å². The van der Waals surface area contributed by atoms with Crippen LogP contribution in [-0.2, 0) is 23.2 Å². The van der Waals surface area contributed by atoms with E-state index in [0.29, 0.717) is 19.8 Å². The Morgan fingerprint density at radius 1 is 1.00 bits per heavy atom. The van der Waals surface area contributed by atoms with E-state index < -0.39 is 0 Å². The van der Waals surface area contributed by atoms with Gasteiger partial charge in [0.2, 0.25) is 0 Å². The molecule has 0 spiro atoms. The summed E-state index contributed by atoms with van der Waals surface area (Å²) in [7, 11) is 0. The van der Waals surface area contributed by atoms with Gasteiger partial charge in [0.15, 0.2) is 0 Å². The van der Waals surface area contributed by atoms with Crippen molar-refractivity contribution in [3.8, 4) is 0 Å². The molecule has 0 saturated heterocycles. The second-order valence-electron chi connectivity index (χ2n) is 0. The molecule has 0 aromatic carbocycles. The summed E-state index contributed by atoms with van der Waals surface area (Å²) >= 11 is 0.700. The minimum atomic E-state index is 0. The summed E-state index contributed by atoms with van der Waals surface area (Å²) in [5.41, 5.74) is 0. The van der Waals surface area contributed by atoms with E-state index in [1.54, 1.807) is 0 Å². The predicted molar refractivity (Wildman–Crippen MR) is 7.91 cm³/mol. The van der Waals surface area contributed by atoms with Crippen molar-refractivity contribution >= 4 is 0 Å². The summed E-state index contributed by atoms with van der Waals surface area (Å²) in [6.07, 6.45) is 0. The van der Waals surface area contributed by atoms with Gasteiger partial charge in [0, 0.05) is 0 Å². The molecule has 0 aromatic heterocycles. The van der Waals surface area contributed by atoms with Gasteiger partial charge in [0.25, 0.3) is 0 Å². The zero-order valence-electron chi connectivity index (χ0n) is 1.82. The second kappa shape index (κ2) is 119. The van der Waals surface area contributed by atoms with Gasteiger partial charge in [0.05, 0.1) is 0 Å². The van der Waals surface area contributed by atoms with Crippen LogP contribution < -0.4 is 0 Å². The zero-order valence-corrected chi connectivity index (χ0v) is 3.82. The van der Waals surface area contributed by atoms with Gasteiger partial charge in [-0.15, -0.1) is 0 Å². The van der Waals surface area contributed by atoms with Crippen LogP contribution in [0.3, 0.4) is 0 Å². The van der Waals surface area contributed by atoms with Crippen molar-refractivity contribution in [2.24, 2.45) is 0 Å². The van der Waals surface area contributed by atoms with Gasteiger partial charge in [-0.3, -0.25) is 0 Å². The maximum absolute atomic E-state index is 8.26. The Balaban J connectivity index is -0.00000000500. The summed E-state index contributed by atoms with van der Waals surface area (Å²) in [6, 6.07) is 0. The monoisotopic (exact) mass is 150 g/mol. The number of rotatable bonds is 0. The van der Waals surface area contributed by atoms with E-state index in [4.69, 9.17) is 3.40 Å². The third-order valence-corrected chi connectivity index (χ3v) is 0. The fourth-order valence-corrected chi connectivity index (χ4v) is 0. The molecule has 0 aliphatic rings. The molecule has 3 nitrogen and oxygen atoms in total. The van der Waals surface area contributed by atoms with E-state index in [2.05, 4.69) is 0 Å². The quantitative estimate of drug-likeness (QED) is 0.374. The second-order valence-corrected chi connectivity index (χ2v) is 0. The van der Waals surface area contributed by atoms with E-state index >= 15 is 0 Å². The Hall–Kier alpha value is 0.408. The normalized spacial score (nSPS) is 1.00. The fourth-order valence-electron chi connectivity index (χ4n) is 0. The SMILES string of the molecule is O.O.[O]=[Mo]. The maximum atomic E-state index is 8.26. The Bertz CT molecular complexity index is 3.25. The predicted octanol–water partition coefficient (Wildman–Crippen LogP) is -1.77. The van der Waals surface area contributed by atoms with Crippen LogP contribution in [0.5, 0.6) is 0 Å². The summed E-state index contributed by atoms with van der Waals surface area (Å²) in [6.45, 7) is 0. The van der Waals surface area contributed by atoms with Crippen LogP contribution in [0.15, 0.2) is 0 Å². The average Bonchev–Trinajstić information content (AvgIpc) is 1.00. The molecule has 0 fully saturated rings. The molecule has 0 unspecified atom stereocenters. The topological polar surface area (TPSA) is 80.1 Å². The van der Waals surface area contributed by atoms with E-state index in [9.17, 15) is 0 Å². The van der Waals surface area contributed by atoms with Crippen LogP contribution in [0.4, 0.5) is 0 Å². The zero-order chi connectivity index (χ0) is 2.00. The van der Waals surface area contributed by atoms with Gasteiger partial charge in [0.1, 0.15) is 0 Å². The molecular formula is H4MoO3. The molecule has 0 saturated carbocycles. The first kappa shape index (κ1) is 25.8. The van der Waals surface area contributed by atoms with E-state index in [1.807, 2.05) is 0 Å². The van der Waals surface area contributed by atoms with Crippen LogP contribution in [0.1, 0.15) is 0 Å². The first-order chi connectivity index (χ1) is 1.00. The van der Waals surface area contributed by atoms with Crippen LogP contribution in [0.25, 0.3) is 0 Å². The molecule has 0 amide bonds. The molecule has 0 atom stereocenters. The summed E-state index contributed by atoms with van der Waals surface area (Å²) in [5, 5.41) is 0. The first-order valence-corrected chi connectivity index (χ1v) is 0.986. The fraction of sp³-hybridized carbons (Fsp3) is 0. The van der Waals surface area contributed by atoms with Crippen molar-refractivity contribution in [3.63, 3.8) is 0 Å². The van der Waals surface area contributed by atoms with Crippen molar-refractivity contribution in [1.82, 2.24) is 0 Å². The van der Waals surface area contributed by atoms with Crippen molar-refractivity contribution in [1.29, 1.82) is 0 Å².